The smallest absolute Gasteiger partial charge is 0.0680 e. The van der Waals surface area contributed by atoms with Gasteiger partial charge in [-0.05, 0) is 32.1 Å². The first-order chi connectivity index (χ1) is 5.43. The second-order valence-electron chi connectivity index (χ2n) is 3.00. The summed E-state index contributed by atoms with van der Waals surface area (Å²) in [5, 5.41) is 0. The van der Waals surface area contributed by atoms with Crippen LogP contribution in [0.3, 0.4) is 0 Å². The second-order valence-corrected chi connectivity index (χ2v) is 3.00. The van der Waals surface area contributed by atoms with Gasteiger partial charge in [-0.25, -0.2) is 5.90 Å². The molecule has 0 amide bonds. The molecule has 0 radical (unpaired) electrons. The minimum Gasteiger partial charge on any atom is -0.378 e. The minimum absolute atomic E-state index is 0.471. The molecule has 1 saturated heterocycles. The van der Waals surface area contributed by atoms with Crippen molar-refractivity contribution in [2.45, 2.75) is 38.2 Å². The summed E-state index contributed by atoms with van der Waals surface area (Å²) in [6, 6.07) is 0. The van der Waals surface area contributed by atoms with Crippen molar-refractivity contribution in [2.75, 3.05) is 13.2 Å². The zero-order valence-electron chi connectivity index (χ0n) is 6.92. The van der Waals surface area contributed by atoms with Gasteiger partial charge in [-0.1, -0.05) is 0 Å². The lowest BCUT2D eigenvalue weighted by atomic mass is 10.1. The summed E-state index contributed by atoms with van der Waals surface area (Å²) < 4.78 is 5.53. The molecule has 66 valence electrons. The number of hydrogen-bond acceptors (Lipinski definition) is 3. The number of nitrogens with two attached hydrogens (primary N) is 1. The summed E-state index contributed by atoms with van der Waals surface area (Å²) in [6.45, 7) is 1.59. The summed E-state index contributed by atoms with van der Waals surface area (Å²) in [7, 11) is 0. The van der Waals surface area contributed by atoms with E-state index in [0.29, 0.717) is 12.7 Å². The maximum absolute atomic E-state index is 5.53. The molecule has 3 nitrogen and oxygen atoms in total. The Morgan fingerprint density at radius 1 is 1.45 bits per heavy atom. The van der Waals surface area contributed by atoms with Crippen molar-refractivity contribution in [1.29, 1.82) is 0 Å². The van der Waals surface area contributed by atoms with Gasteiger partial charge >= 0.3 is 0 Å². The van der Waals surface area contributed by atoms with Crippen molar-refractivity contribution in [3.05, 3.63) is 0 Å². The van der Waals surface area contributed by atoms with Crippen molar-refractivity contribution < 1.29 is 9.57 Å². The fraction of sp³-hybridized carbons (Fsp3) is 1.00. The highest BCUT2D eigenvalue weighted by Gasteiger charge is 2.12. The Morgan fingerprint density at radius 3 is 3.00 bits per heavy atom. The van der Waals surface area contributed by atoms with Crippen LogP contribution in [-0.4, -0.2) is 19.3 Å². The van der Waals surface area contributed by atoms with Crippen LogP contribution in [-0.2, 0) is 9.57 Å². The maximum atomic E-state index is 5.53. The molecular weight excluding hydrogens is 142 g/mol. The molecule has 11 heavy (non-hydrogen) atoms. The molecule has 2 N–H and O–H groups in total. The zero-order valence-corrected chi connectivity index (χ0v) is 6.92. The highest BCUT2D eigenvalue weighted by molar-refractivity contribution is 4.62. The molecule has 1 aliphatic heterocycles. The van der Waals surface area contributed by atoms with Crippen LogP contribution < -0.4 is 5.90 Å². The molecule has 0 spiro atoms. The zero-order chi connectivity index (χ0) is 7.94. The lowest BCUT2D eigenvalue weighted by Gasteiger charge is -2.22. The first-order valence-corrected chi connectivity index (χ1v) is 4.37. The van der Waals surface area contributed by atoms with Crippen LogP contribution in [0.2, 0.25) is 0 Å². The SMILES string of the molecule is NOCCCC1CCCCO1. The molecule has 3 heteroatoms. The van der Waals surface area contributed by atoms with E-state index in [1.165, 1.54) is 19.3 Å². The molecule has 1 unspecified atom stereocenters. The van der Waals surface area contributed by atoms with E-state index in [-0.39, 0.29) is 0 Å². The van der Waals surface area contributed by atoms with Gasteiger partial charge in [-0.3, -0.25) is 0 Å². The molecule has 0 aromatic heterocycles. The normalized spacial score (nSPS) is 25.4. The third-order valence-electron chi connectivity index (χ3n) is 2.06. The van der Waals surface area contributed by atoms with Gasteiger partial charge in [-0.2, -0.15) is 0 Å². The first-order valence-electron chi connectivity index (χ1n) is 4.37. The van der Waals surface area contributed by atoms with E-state index in [2.05, 4.69) is 4.84 Å². The Kier molecular flexibility index (Phi) is 4.50. The van der Waals surface area contributed by atoms with E-state index in [1.807, 2.05) is 0 Å². The molecular formula is C8H17NO2. The molecule has 1 atom stereocenters. The Hall–Kier alpha value is -0.120. The standard InChI is InChI=1S/C8H17NO2/c9-11-7-3-5-8-4-1-2-6-10-8/h8H,1-7,9H2. The Bertz CT molecular complexity index is 92.1. The molecule has 0 aliphatic carbocycles. The van der Waals surface area contributed by atoms with E-state index in [4.69, 9.17) is 10.6 Å². The highest BCUT2D eigenvalue weighted by Crippen LogP contribution is 2.16. The largest absolute Gasteiger partial charge is 0.378 e. The van der Waals surface area contributed by atoms with E-state index >= 15 is 0 Å². The number of rotatable bonds is 4. The quantitative estimate of drug-likeness (QED) is 0.495. The third kappa shape index (κ3) is 3.70. The average Bonchev–Trinajstić information content (AvgIpc) is 2.07. The van der Waals surface area contributed by atoms with Crippen molar-refractivity contribution in [2.24, 2.45) is 5.90 Å². The Morgan fingerprint density at radius 2 is 2.36 bits per heavy atom. The molecule has 0 aromatic rings. The fourth-order valence-corrected chi connectivity index (χ4v) is 1.43. The van der Waals surface area contributed by atoms with Crippen molar-refractivity contribution in [3.63, 3.8) is 0 Å². The van der Waals surface area contributed by atoms with E-state index < -0.39 is 0 Å². The van der Waals surface area contributed by atoms with E-state index in [1.54, 1.807) is 0 Å². The number of hydrogen-bond donors (Lipinski definition) is 1. The predicted molar refractivity (Wildman–Crippen MR) is 43.0 cm³/mol. The summed E-state index contributed by atoms with van der Waals surface area (Å²) in [6.07, 6.45) is 6.33. The summed E-state index contributed by atoms with van der Waals surface area (Å²) in [4.78, 5) is 4.48. The Balaban J connectivity index is 1.96. The van der Waals surface area contributed by atoms with Gasteiger partial charge in [0.25, 0.3) is 0 Å². The van der Waals surface area contributed by atoms with E-state index in [9.17, 15) is 0 Å². The fourth-order valence-electron chi connectivity index (χ4n) is 1.43. The van der Waals surface area contributed by atoms with Gasteiger partial charge in [0.2, 0.25) is 0 Å². The minimum atomic E-state index is 0.471. The lowest BCUT2D eigenvalue weighted by Crippen LogP contribution is -2.19. The van der Waals surface area contributed by atoms with Crippen molar-refractivity contribution in [3.8, 4) is 0 Å². The van der Waals surface area contributed by atoms with Crippen LogP contribution >= 0.6 is 0 Å². The first kappa shape index (κ1) is 8.97. The molecule has 1 rings (SSSR count). The van der Waals surface area contributed by atoms with Gasteiger partial charge in [-0.15, -0.1) is 0 Å². The molecule has 1 aliphatic rings. The summed E-state index contributed by atoms with van der Waals surface area (Å²) in [5.41, 5.74) is 0. The van der Waals surface area contributed by atoms with Gasteiger partial charge in [0.15, 0.2) is 0 Å². The second kappa shape index (κ2) is 5.52. The molecule has 0 aromatic carbocycles. The van der Waals surface area contributed by atoms with Gasteiger partial charge < -0.3 is 9.57 Å². The maximum Gasteiger partial charge on any atom is 0.0680 e. The molecule has 0 bridgehead atoms. The molecule has 1 heterocycles. The lowest BCUT2D eigenvalue weighted by molar-refractivity contribution is 0.00459. The summed E-state index contributed by atoms with van der Waals surface area (Å²) in [5.74, 6) is 4.90. The summed E-state index contributed by atoms with van der Waals surface area (Å²) >= 11 is 0. The van der Waals surface area contributed by atoms with Crippen molar-refractivity contribution >= 4 is 0 Å². The van der Waals surface area contributed by atoms with E-state index in [0.717, 1.165) is 19.4 Å². The topological polar surface area (TPSA) is 44.5 Å². The molecule has 1 fully saturated rings. The van der Waals surface area contributed by atoms with Crippen LogP contribution in [0, 0.1) is 0 Å². The van der Waals surface area contributed by atoms with Gasteiger partial charge in [0.05, 0.1) is 12.7 Å². The monoisotopic (exact) mass is 159 g/mol. The van der Waals surface area contributed by atoms with Crippen molar-refractivity contribution in [1.82, 2.24) is 0 Å². The third-order valence-corrected chi connectivity index (χ3v) is 2.06. The van der Waals surface area contributed by atoms with Crippen LogP contribution in [0.4, 0.5) is 0 Å². The van der Waals surface area contributed by atoms with Crippen LogP contribution in [0.15, 0.2) is 0 Å². The Labute approximate surface area is 67.8 Å². The van der Waals surface area contributed by atoms with Gasteiger partial charge in [0, 0.05) is 6.61 Å². The van der Waals surface area contributed by atoms with Gasteiger partial charge in [0.1, 0.15) is 0 Å². The van der Waals surface area contributed by atoms with Crippen LogP contribution in [0.25, 0.3) is 0 Å². The molecule has 0 saturated carbocycles. The van der Waals surface area contributed by atoms with Crippen LogP contribution in [0.5, 0.6) is 0 Å². The highest BCUT2D eigenvalue weighted by atomic mass is 16.6. The predicted octanol–water partition coefficient (Wildman–Crippen LogP) is 1.23. The average molecular weight is 159 g/mol. The number of ether oxygens (including phenoxy) is 1. The van der Waals surface area contributed by atoms with Crippen LogP contribution in [0.1, 0.15) is 32.1 Å².